The van der Waals surface area contributed by atoms with E-state index in [2.05, 4.69) is 20.7 Å². The van der Waals surface area contributed by atoms with Crippen molar-refractivity contribution < 1.29 is 9.53 Å². The van der Waals surface area contributed by atoms with Gasteiger partial charge < -0.3 is 19.9 Å². The molecule has 23 heavy (non-hydrogen) atoms. The summed E-state index contributed by atoms with van der Waals surface area (Å²) in [6, 6.07) is 1.87. The van der Waals surface area contributed by atoms with Crippen LogP contribution in [0.3, 0.4) is 0 Å². The number of urea groups is 1. The molecule has 1 saturated heterocycles. The molecule has 1 fully saturated rings. The van der Waals surface area contributed by atoms with Crippen molar-refractivity contribution in [1.29, 1.82) is 0 Å². The van der Waals surface area contributed by atoms with Gasteiger partial charge in [-0.3, -0.25) is 0 Å². The number of amides is 2. The maximum atomic E-state index is 12.4. The van der Waals surface area contributed by atoms with Gasteiger partial charge in [-0.05, 0) is 22.4 Å². The van der Waals surface area contributed by atoms with Crippen LogP contribution >= 0.6 is 11.3 Å². The number of anilines is 2. The first-order chi connectivity index (χ1) is 11.1. The van der Waals surface area contributed by atoms with Gasteiger partial charge in [0.1, 0.15) is 6.10 Å². The first-order valence-corrected chi connectivity index (χ1v) is 8.27. The molecular formula is C15H19N5O2S. The summed E-state index contributed by atoms with van der Waals surface area (Å²) < 4.78 is 5.75. The number of nitrogens with one attached hydrogen (secondary N) is 1. The van der Waals surface area contributed by atoms with Crippen molar-refractivity contribution in [3.63, 3.8) is 0 Å². The molecule has 3 heterocycles. The maximum absolute atomic E-state index is 12.4. The third-order valence-electron chi connectivity index (χ3n) is 3.56. The first kappa shape index (κ1) is 15.7. The topological polar surface area (TPSA) is 70.6 Å². The van der Waals surface area contributed by atoms with Crippen LogP contribution in [0.2, 0.25) is 0 Å². The van der Waals surface area contributed by atoms with Crippen molar-refractivity contribution in [3.8, 4) is 0 Å². The van der Waals surface area contributed by atoms with Gasteiger partial charge in [-0.25, -0.2) is 14.8 Å². The monoisotopic (exact) mass is 333 g/mol. The number of rotatable bonds is 3. The molecule has 0 spiro atoms. The number of ether oxygens (including phenoxy) is 1. The number of morpholine rings is 1. The average Bonchev–Trinajstić information content (AvgIpc) is 3.10. The molecule has 1 atom stereocenters. The summed E-state index contributed by atoms with van der Waals surface area (Å²) in [5.41, 5.74) is 1.70. The van der Waals surface area contributed by atoms with Gasteiger partial charge in [0.15, 0.2) is 0 Å². The Morgan fingerprint density at radius 3 is 2.87 bits per heavy atom. The van der Waals surface area contributed by atoms with Crippen molar-refractivity contribution in [2.45, 2.75) is 6.10 Å². The molecule has 0 saturated carbocycles. The predicted molar refractivity (Wildman–Crippen MR) is 90.0 cm³/mol. The number of nitrogens with zero attached hydrogens (tertiary/aromatic N) is 4. The van der Waals surface area contributed by atoms with E-state index in [1.807, 2.05) is 25.5 Å². The first-order valence-electron chi connectivity index (χ1n) is 7.32. The minimum Gasteiger partial charge on any atom is -0.370 e. The van der Waals surface area contributed by atoms with Crippen LogP contribution in [0, 0.1) is 0 Å². The fourth-order valence-electron chi connectivity index (χ4n) is 2.31. The quantitative estimate of drug-likeness (QED) is 0.932. The number of thiophene rings is 1. The van der Waals surface area contributed by atoms with E-state index in [1.54, 1.807) is 33.5 Å². The molecule has 8 heteroatoms. The summed E-state index contributed by atoms with van der Waals surface area (Å²) in [6.45, 7) is 1.65. The highest BCUT2D eigenvalue weighted by Gasteiger charge is 2.25. The highest BCUT2D eigenvalue weighted by molar-refractivity contribution is 7.07. The summed E-state index contributed by atoms with van der Waals surface area (Å²) in [5, 5.41) is 6.90. The van der Waals surface area contributed by atoms with E-state index in [-0.39, 0.29) is 12.1 Å². The van der Waals surface area contributed by atoms with E-state index in [0.29, 0.717) is 31.3 Å². The Balaban J connectivity index is 1.61. The molecule has 2 aromatic heterocycles. The lowest BCUT2D eigenvalue weighted by Crippen LogP contribution is -2.44. The zero-order valence-corrected chi connectivity index (χ0v) is 13.9. The van der Waals surface area contributed by atoms with Crippen LogP contribution in [0.4, 0.5) is 16.4 Å². The number of hydrogen-bond donors (Lipinski definition) is 1. The van der Waals surface area contributed by atoms with E-state index < -0.39 is 0 Å². The number of carbonyl (C=O) groups excluding carboxylic acids is 1. The Hall–Kier alpha value is -2.19. The molecule has 122 valence electrons. The van der Waals surface area contributed by atoms with Crippen molar-refractivity contribution in [3.05, 3.63) is 34.8 Å². The van der Waals surface area contributed by atoms with Gasteiger partial charge in [-0.2, -0.15) is 11.3 Å². The van der Waals surface area contributed by atoms with Crippen molar-refractivity contribution >= 4 is 29.0 Å². The molecule has 1 aliphatic rings. The molecular weight excluding hydrogens is 314 g/mol. The van der Waals surface area contributed by atoms with Crippen LogP contribution in [-0.4, -0.2) is 54.7 Å². The second-order valence-corrected chi connectivity index (χ2v) is 6.24. The zero-order valence-electron chi connectivity index (χ0n) is 13.1. The zero-order chi connectivity index (χ0) is 16.2. The van der Waals surface area contributed by atoms with E-state index in [9.17, 15) is 4.79 Å². The minimum atomic E-state index is -0.158. The third-order valence-corrected chi connectivity index (χ3v) is 4.26. The minimum absolute atomic E-state index is 0.0619. The Labute approximate surface area is 138 Å². The Morgan fingerprint density at radius 2 is 2.22 bits per heavy atom. The lowest BCUT2D eigenvalue weighted by molar-refractivity contribution is -0.0132. The van der Waals surface area contributed by atoms with Crippen molar-refractivity contribution in [2.24, 2.45) is 0 Å². The summed E-state index contributed by atoms with van der Waals surface area (Å²) in [6.07, 6.45) is 3.15. The van der Waals surface area contributed by atoms with Crippen LogP contribution in [-0.2, 0) is 4.74 Å². The number of carbonyl (C=O) groups is 1. The smallest absolute Gasteiger partial charge is 0.322 e. The van der Waals surface area contributed by atoms with Gasteiger partial charge in [0.2, 0.25) is 5.95 Å². The van der Waals surface area contributed by atoms with Crippen LogP contribution in [0.15, 0.2) is 29.2 Å². The predicted octanol–water partition coefficient (Wildman–Crippen LogP) is 2.21. The SMILES string of the molecule is CN(C)c1ncc(NC(=O)N2CCOC(c3ccsc3)C2)cn1. The van der Waals surface area contributed by atoms with Gasteiger partial charge in [0.05, 0.1) is 31.2 Å². The summed E-state index contributed by atoms with van der Waals surface area (Å²) in [4.78, 5) is 24.3. The van der Waals surface area contributed by atoms with Gasteiger partial charge in [-0.15, -0.1) is 0 Å². The molecule has 3 rings (SSSR count). The third kappa shape index (κ3) is 3.77. The fraction of sp³-hybridized carbons (Fsp3) is 0.400. The Bertz CT molecular complexity index is 644. The molecule has 0 radical (unpaired) electrons. The summed E-state index contributed by atoms with van der Waals surface area (Å²) in [7, 11) is 3.73. The normalized spacial score (nSPS) is 17.8. The molecule has 0 bridgehead atoms. The number of aromatic nitrogens is 2. The summed E-state index contributed by atoms with van der Waals surface area (Å²) >= 11 is 1.63. The van der Waals surface area contributed by atoms with Crippen LogP contribution < -0.4 is 10.2 Å². The lowest BCUT2D eigenvalue weighted by Gasteiger charge is -2.32. The molecule has 0 aliphatic carbocycles. The van der Waals surface area contributed by atoms with E-state index >= 15 is 0 Å². The fourth-order valence-corrected chi connectivity index (χ4v) is 3.01. The average molecular weight is 333 g/mol. The van der Waals surface area contributed by atoms with Crippen LogP contribution in [0.5, 0.6) is 0 Å². The lowest BCUT2D eigenvalue weighted by atomic mass is 10.1. The maximum Gasteiger partial charge on any atom is 0.322 e. The van der Waals surface area contributed by atoms with Crippen LogP contribution in [0.25, 0.3) is 0 Å². The Morgan fingerprint density at radius 1 is 1.43 bits per heavy atom. The van der Waals surface area contributed by atoms with Crippen LogP contribution in [0.1, 0.15) is 11.7 Å². The van der Waals surface area contributed by atoms with Crippen molar-refractivity contribution in [2.75, 3.05) is 44.0 Å². The van der Waals surface area contributed by atoms with E-state index in [0.717, 1.165) is 5.56 Å². The highest BCUT2D eigenvalue weighted by Crippen LogP contribution is 2.24. The Kier molecular flexibility index (Phi) is 4.73. The molecule has 0 aromatic carbocycles. The molecule has 7 nitrogen and oxygen atoms in total. The summed E-state index contributed by atoms with van der Waals surface area (Å²) in [5.74, 6) is 0.604. The van der Waals surface area contributed by atoms with Gasteiger partial charge in [0.25, 0.3) is 0 Å². The van der Waals surface area contributed by atoms with Gasteiger partial charge >= 0.3 is 6.03 Å². The second-order valence-electron chi connectivity index (χ2n) is 5.46. The van der Waals surface area contributed by atoms with Crippen molar-refractivity contribution in [1.82, 2.24) is 14.9 Å². The van der Waals surface area contributed by atoms with E-state index in [1.165, 1.54) is 0 Å². The molecule has 2 aromatic rings. The molecule has 1 N–H and O–H groups in total. The largest absolute Gasteiger partial charge is 0.370 e. The molecule has 2 amide bonds. The standard InChI is InChI=1S/C15H19N5O2S/c1-19(2)14-16-7-12(8-17-14)18-15(21)20-4-5-22-13(9-20)11-3-6-23-10-11/h3,6-8,10,13H,4-5,9H2,1-2H3,(H,18,21). The van der Waals surface area contributed by atoms with Gasteiger partial charge in [-0.1, -0.05) is 0 Å². The van der Waals surface area contributed by atoms with Gasteiger partial charge in [0, 0.05) is 20.6 Å². The second kappa shape index (κ2) is 6.93. The van der Waals surface area contributed by atoms with E-state index in [4.69, 9.17) is 4.74 Å². The molecule has 1 aliphatic heterocycles. The highest BCUT2D eigenvalue weighted by atomic mass is 32.1. The molecule has 1 unspecified atom stereocenters. The number of hydrogen-bond acceptors (Lipinski definition) is 6.